The molecule has 72 valence electrons. The van der Waals surface area contributed by atoms with Crippen molar-refractivity contribution < 1.29 is 9.90 Å². The maximum Gasteiger partial charge on any atom is 0.404 e. The Morgan fingerprint density at radius 3 is 2.93 bits per heavy atom. The number of carbonyl (C=O) groups is 1. The van der Waals surface area contributed by atoms with Gasteiger partial charge < -0.3 is 10.4 Å². The Morgan fingerprint density at radius 1 is 1.57 bits per heavy atom. The van der Waals surface area contributed by atoms with Crippen LogP contribution in [0.5, 0.6) is 0 Å². The van der Waals surface area contributed by atoms with Crippen molar-refractivity contribution >= 4 is 11.8 Å². The number of nitrogens with one attached hydrogen (secondary N) is 1. The van der Waals surface area contributed by atoms with Crippen molar-refractivity contribution in [2.24, 2.45) is 5.11 Å². The predicted octanol–water partition coefficient (Wildman–Crippen LogP) is 2.40. The molecule has 0 bridgehead atoms. The third-order valence-electron chi connectivity index (χ3n) is 1.57. The van der Waals surface area contributed by atoms with Crippen molar-refractivity contribution in [2.75, 3.05) is 0 Å². The van der Waals surface area contributed by atoms with E-state index in [0.717, 1.165) is 0 Å². The van der Waals surface area contributed by atoms with Gasteiger partial charge in [-0.3, -0.25) is 0 Å². The van der Waals surface area contributed by atoms with E-state index in [2.05, 4.69) is 15.3 Å². The zero-order valence-electron chi connectivity index (χ0n) is 7.21. The first-order valence-corrected chi connectivity index (χ1v) is 3.84. The molecule has 0 fully saturated rings. The van der Waals surface area contributed by atoms with E-state index in [0.29, 0.717) is 11.3 Å². The molecule has 0 spiro atoms. The van der Waals surface area contributed by atoms with Crippen LogP contribution in [0.2, 0.25) is 0 Å². The number of benzene rings is 1. The fraction of sp³-hybridized carbons (Fsp3) is 0.125. The molecule has 0 saturated heterocycles. The normalized spacial score (nSPS) is 8.86. The minimum atomic E-state index is -1.11. The molecule has 0 aliphatic rings. The molecular weight excluding hydrogens is 184 g/mol. The fourth-order valence-electron chi connectivity index (χ4n) is 0.977. The van der Waals surface area contributed by atoms with Crippen molar-refractivity contribution in [3.05, 3.63) is 40.3 Å². The number of amides is 1. The van der Waals surface area contributed by atoms with E-state index < -0.39 is 6.09 Å². The first-order valence-electron chi connectivity index (χ1n) is 3.84. The second kappa shape index (κ2) is 4.74. The summed E-state index contributed by atoms with van der Waals surface area (Å²) in [5.41, 5.74) is 9.32. The Kier molecular flexibility index (Phi) is 3.34. The fourth-order valence-corrected chi connectivity index (χ4v) is 0.977. The Balaban J connectivity index is 2.84. The summed E-state index contributed by atoms with van der Waals surface area (Å²) in [5, 5.41) is 14.0. The van der Waals surface area contributed by atoms with Crippen LogP contribution in [0.4, 0.5) is 10.5 Å². The highest BCUT2D eigenvalue weighted by atomic mass is 16.4. The van der Waals surface area contributed by atoms with Crippen LogP contribution in [0.3, 0.4) is 0 Å². The lowest BCUT2D eigenvalue weighted by Gasteiger charge is -2.03. The van der Waals surface area contributed by atoms with Crippen molar-refractivity contribution in [1.82, 2.24) is 5.32 Å². The van der Waals surface area contributed by atoms with Gasteiger partial charge in [0.1, 0.15) is 0 Å². The van der Waals surface area contributed by atoms with E-state index in [-0.39, 0.29) is 6.54 Å². The highest BCUT2D eigenvalue weighted by molar-refractivity contribution is 5.64. The highest BCUT2D eigenvalue weighted by Crippen LogP contribution is 2.18. The molecule has 14 heavy (non-hydrogen) atoms. The summed E-state index contributed by atoms with van der Waals surface area (Å²) in [6, 6.07) is 6.78. The standard InChI is InChI=1S/C8H8N4O2/c9-12-11-7-4-2-1-3-6(7)5-10-8(13)14/h1-4,10H,5H2,(H,13,14). The van der Waals surface area contributed by atoms with Crippen LogP contribution < -0.4 is 5.32 Å². The monoisotopic (exact) mass is 192 g/mol. The topological polar surface area (TPSA) is 98.1 Å². The molecule has 1 amide bonds. The smallest absolute Gasteiger partial charge is 0.404 e. The van der Waals surface area contributed by atoms with Gasteiger partial charge in [0.25, 0.3) is 0 Å². The molecule has 0 heterocycles. The summed E-state index contributed by atoms with van der Waals surface area (Å²) in [4.78, 5) is 12.9. The Morgan fingerprint density at radius 2 is 2.29 bits per heavy atom. The number of nitrogens with zero attached hydrogens (tertiary/aromatic N) is 3. The van der Waals surface area contributed by atoms with Crippen LogP contribution in [0.1, 0.15) is 5.56 Å². The summed E-state index contributed by atoms with van der Waals surface area (Å²) in [5.74, 6) is 0. The van der Waals surface area contributed by atoms with Crippen LogP contribution in [0.25, 0.3) is 10.4 Å². The predicted molar refractivity (Wildman–Crippen MR) is 50.1 cm³/mol. The number of rotatable bonds is 3. The molecule has 0 saturated carbocycles. The SMILES string of the molecule is [N-]=[N+]=Nc1ccccc1CNC(=O)O. The van der Waals surface area contributed by atoms with E-state index in [1.165, 1.54) is 0 Å². The van der Waals surface area contributed by atoms with Crippen LogP contribution in [-0.2, 0) is 6.54 Å². The van der Waals surface area contributed by atoms with Gasteiger partial charge >= 0.3 is 6.09 Å². The third kappa shape index (κ3) is 2.69. The zero-order chi connectivity index (χ0) is 10.4. The van der Waals surface area contributed by atoms with Crippen LogP contribution in [0.15, 0.2) is 29.4 Å². The second-order valence-electron chi connectivity index (χ2n) is 2.48. The quantitative estimate of drug-likeness (QED) is 0.436. The largest absolute Gasteiger partial charge is 0.465 e. The number of azide groups is 1. The van der Waals surface area contributed by atoms with Gasteiger partial charge in [0.05, 0.1) is 0 Å². The molecule has 1 rings (SSSR count). The molecule has 0 atom stereocenters. The molecule has 0 aromatic heterocycles. The minimum absolute atomic E-state index is 0.129. The van der Waals surface area contributed by atoms with Gasteiger partial charge in [-0.05, 0) is 11.1 Å². The lowest BCUT2D eigenvalue weighted by Crippen LogP contribution is -2.19. The molecule has 1 aromatic rings. The van der Waals surface area contributed by atoms with Gasteiger partial charge in [0, 0.05) is 17.1 Å². The molecular formula is C8H8N4O2. The Hall–Kier alpha value is -2.20. The summed E-state index contributed by atoms with van der Waals surface area (Å²) in [7, 11) is 0. The lowest BCUT2D eigenvalue weighted by atomic mass is 10.2. The van der Waals surface area contributed by atoms with Gasteiger partial charge in [-0.2, -0.15) is 0 Å². The van der Waals surface area contributed by atoms with Crippen LogP contribution in [0, 0.1) is 0 Å². The van der Waals surface area contributed by atoms with Crippen molar-refractivity contribution in [3.63, 3.8) is 0 Å². The first-order chi connectivity index (χ1) is 6.74. The van der Waals surface area contributed by atoms with Crippen LogP contribution >= 0.6 is 0 Å². The van der Waals surface area contributed by atoms with E-state index in [9.17, 15) is 4.79 Å². The Labute approximate surface area is 79.8 Å². The van der Waals surface area contributed by atoms with Gasteiger partial charge in [0.15, 0.2) is 0 Å². The van der Waals surface area contributed by atoms with E-state index >= 15 is 0 Å². The van der Waals surface area contributed by atoms with Crippen molar-refractivity contribution in [1.29, 1.82) is 0 Å². The minimum Gasteiger partial charge on any atom is -0.465 e. The molecule has 6 nitrogen and oxygen atoms in total. The van der Waals surface area contributed by atoms with E-state index in [4.69, 9.17) is 10.6 Å². The average Bonchev–Trinajstić information content (AvgIpc) is 2.17. The lowest BCUT2D eigenvalue weighted by molar-refractivity contribution is 0.194. The highest BCUT2D eigenvalue weighted by Gasteiger charge is 2.00. The number of hydrogen-bond donors (Lipinski definition) is 2. The van der Waals surface area contributed by atoms with Gasteiger partial charge in [0.2, 0.25) is 0 Å². The third-order valence-corrected chi connectivity index (χ3v) is 1.57. The first kappa shape index (κ1) is 9.88. The van der Waals surface area contributed by atoms with E-state index in [1.807, 2.05) is 0 Å². The molecule has 0 radical (unpaired) electrons. The summed E-state index contributed by atoms with van der Waals surface area (Å²) >= 11 is 0. The van der Waals surface area contributed by atoms with Crippen molar-refractivity contribution in [2.45, 2.75) is 6.54 Å². The van der Waals surface area contributed by atoms with Crippen molar-refractivity contribution in [3.8, 4) is 0 Å². The summed E-state index contributed by atoms with van der Waals surface area (Å²) in [6.07, 6.45) is -1.11. The van der Waals surface area contributed by atoms with Gasteiger partial charge in [-0.15, -0.1) is 0 Å². The van der Waals surface area contributed by atoms with Gasteiger partial charge in [-0.25, -0.2) is 4.79 Å². The molecule has 0 unspecified atom stereocenters. The Bertz CT molecular complexity index is 385. The molecule has 2 N–H and O–H groups in total. The van der Waals surface area contributed by atoms with Gasteiger partial charge in [-0.1, -0.05) is 29.4 Å². The van der Waals surface area contributed by atoms with Crippen LogP contribution in [-0.4, -0.2) is 11.2 Å². The zero-order valence-corrected chi connectivity index (χ0v) is 7.21. The summed E-state index contributed by atoms with van der Waals surface area (Å²) < 4.78 is 0. The molecule has 0 aliphatic heterocycles. The second-order valence-corrected chi connectivity index (χ2v) is 2.48. The maximum absolute atomic E-state index is 10.2. The average molecular weight is 192 g/mol. The molecule has 6 heteroatoms. The molecule has 0 aliphatic carbocycles. The van der Waals surface area contributed by atoms with E-state index in [1.54, 1.807) is 24.3 Å². The number of hydrogen-bond acceptors (Lipinski definition) is 2. The molecule has 1 aromatic carbocycles. The number of carboxylic acid groups (broad SMARTS) is 1. The summed E-state index contributed by atoms with van der Waals surface area (Å²) in [6.45, 7) is 0.129. The maximum atomic E-state index is 10.2.